The van der Waals surface area contributed by atoms with Crippen molar-refractivity contribution in [3.05, 3.63) is 46.6 Å². The van der Waals surface area contributed by atoms with Crippen molar-refractivity contribution in [3.63, 3.8) is 0 Å². The van der Waals surface area contributed by atoms with Gasteiger partial charge in [0.25, 0.3) is 0 Å². The van der Waals surface area contributed by atoms with Crippen molar-refractivity contribution in [1.82, 2.24) is 0 Å². The van der Waals surface area contributed by atoms with Crippen LogP contribution >= 0.6 is 0 Å². The molecular weight excluding hydrogens is 440 g/mol. The van der Waals surface area contributed by atoms with Crippen LogP contribution in [0.5, 0.6) is 23.0 Å². The van der Waals surface area contributed by atoms with E-state index in [2.05, 4.69) is 0 Å². The first-order chi connectivity index (χ1) is 15.7. The molecule has 0 radical (unpaired) electrons. The molecule has 0 bridgehead atoms. The van der Waals surface area contributed by atoms with Crippen molar-refractivity contribution >= 4 is 11.0 Å². The Bertz CT molecular complexity index is 1200. The quantitative estimate of drug-likeness (QED) is 0.302. The largest absolute Gasteiger partial charge is 0.508 e. The first kappa shape index (κ1) is 22.8. The van der Waals surface area contributed by atoms with Crippen molar-refractivity contribution in [2.24, 2.45) is 0 Å². The van der Waals surface area contributed by atoms with E-state index in [1.165, 1.54) is 25.3 Å². The molecule has 2 heterocycles. The summed E-state index contributed by atoms with van der Waals surface area (Å²) in [7, 11) is 1.22. The zero-order valence-corrected chi connectivity index (χ0v) is 17.3. The molecule has 0 aliphatic carbocycles. The lowest BCUT2D eigenvalue weighted by Gasteiger charge is -2.39. The number of benzene rings is 2. The number of phenols is 2. The van der Waals surface area contributed by atoms with E-state index in [1.54, 1.807) is 12.1 Å². The minimum Gasteiger partial charge on any atom is -0.508 e. The number of aromatic hydroxyl groups is 2. The fraction of sp³-hybridized carbons (Fsp3) is 0.318. The SMILES string of the molecule is COc1c(O[C@H]2O[C@H](CO)[C@@H](O)[C@H](O)[C@H]2O)c(O)cc2oc(-c3ccc(O)cc3)cc(=O)c12. The van der Waals surface area contributed by atoms with Crippen molar-refractivity contribution in [2.45, 2.75) is 30.7 Å². The van der Waals surface area contributed by atoms with Gasteiger partial charge in [-0.05, 0) is 24.3 Å². The maximum atomic E-state index is 12.9. The smallest absolute Gasteiger partial charge is 0.229 e. The normalized spacial score (nSPS) is 25.2. The van der Waals surface area contributed by atoms with Crippen LogP contribution in [0.25, 0.3) is 22.3 Å². The Balaban J connectivity index is 1.78. The zero-order valence-electron chi connectivity index (χ0n) is 17.3. The van der Waals surface area contributed by atoms with E-state index < -0.39 is 48.5 Å². The van der Waals surface area contributed by atoms with E-state index in [4.69, 9.17) is 18.6 Å². The summed E-state index contributed by atoms with van der Waals surface area (Å²) in [5.41, 5.74) is -0.0530. The number of aliphatic hydroxyl groups is 4. The Hall–Kier alpha value is -3.35. The maximum absolute atomic E-state index is 12.9. The Morgan fingerprint density at radius 1 is 0.970 bits per heavy atom. The molecule has 1 aromatic heterocycles. The topological polar surface area (TPSA) is 179 Å². The highest BCUT2D eigenvalue weighted by Gasteiger charge is 2.45. The molecule has 5 atom stereocenters. The Morgan fingerprint density at radius 2 is 1.67 bits per heavy atom. The van der Waals surface area contributed by atoms with Crippen LogP contribution in [0, 0.1) is 0 Å². The monoisotopic (exact) mass is 462 g/mol. The molecule has 11 heteroatoms. The van der Waals surface area contributed by atoms with E-state index in [0.717, 1.165) is 6.07 Å². The number of ether oxygens (including phenoxy) is 3. The van der Waals surface area contributed by atoms with E-state index in [9.17, 15) is 35.4 Å². The summed E-state index contributed by atoms with van der Waals surface area (Å²) in [5.74, 6) is -0.901. The molecule has 3 aromatic rings. The molecule has 0 saturated carbocycles. The van der Waals surface area contributed by atoms with Gasteiger partial charge < -0.3 is 49.3 Å². The highest BCUT2D eigenvalue weighted by Crippen LogP contribution is 2.44. The summed E-state index contributed by atoms with van der Waals surface area (Å²) in [6.45, 7) is -0.671. The van der Waals surface area contributed by atoms with E-state index in [-0.39, 0.29) is 34.0 Å². The van der Waals surface area contributed by atoms with Crippen molar-refractivity contribution in [1.29, 1.82) is 0 Å². The standard InChI is InChI=1S/C22H22O11/c1-30-21-16-11(25)6-13(9-2-4-10(24)5-3-9)31-14(16)7-12(26)20(21)33-22-19(29)18(28)17(27)15(8-23)32-22/h2-7,15,17-19,22-24,26-29H,8H2,1H3/t15-,17-,18+,19-,22-/m1/s1. The summed E-state index contributed by atoms with van der Waals surface area (Å²) in [6, 6.07) is 8.26. The van der Waals surface area contributed by atoms with Gasteiger partial charge in [0, 0.05) is 17.7 Å². The number of phenolic OH excluding ortho intramolecular Hbond substituents is 2. The number of fused-ring (bicyclic) bond motifs is 1. The molecule has 1 aliphatic heterocycles. The van der Waals surface area contributed by atoms with Gasteiger partial charge in [-0.3, -0.25) is 4.79 Å². The summed E-state index contributed by atoms with van der Waals surface area (Å²) < 4.78 is 21.9. The van der Waals surface area contributed by atoms with E-state index in [1.807, 2.05) is 0 Å². The predicted octanol–water partition coefficient (Wildman–Crippen LogP) is 0.0585. The zero-order chi connectivity index (χ0) is 23.9. The summed E-state index contributed by atoms with van der Waals surface area (Å²) in [4.78, 5) is 12.9. The Morgan fingerprint density at radius 3 is 2.30 bits per heavy atom. The molecule has 2 aromatic carbocycles. The van der Waals surface area contributed by atoms with Crippen LogP contribution in [-0.4, -0.2) is 75.1 Å². The van der Waals surface area contributed by atoms with Crippen molar-refractivity contribution < 1.29 is 49.3 Å². The molecule has 11 nitrogen and oxygen atoms in total. The number of methoxy groups -OCH3 is 1. The van der Waals surface area contributed by atoms with Crippen LogP contribution in [0.3, 0.4) is 0 Å². The fourth-order valence-electron chi connectivity index (χ4n) is 3.61. The van der Waals surface area contributed by atoms with E-state index >= 15 is 0 Å². The van der Waals surface area contributed by atoms with Gasteiger partial charge in [-0.25, -0.2) is 0 Å². The van der Waals surface area contributed by atoms with Gasteiger partial charge in [-0.2, -0.15) is 0 Å². The molecule has 4 rings (SSSR count). The molecule has 1 aliphatic rings. The fourth-order valence-corrected chi connectivity index (χ4v) is 3.61. The molecule has 33 heavy (non-hydrogen) atoms. The molecule has 0 spiro atoms. The highest BCUT2D eigenvalue weighted by molar-refractivity contribution is 5.90. The second kappa shape index (κ2) is 8.89. The molecule has 0 amide bonds. The molecule has 1 saturated heterocycles. The third-order valence-electron chi connectivity index (χ3n) is 5.35. The molecule has 6 N–H and O–H groups in total. The lowest BCUT2D eigenvalue weighted by molar-refractivity contribution is -0.277. The number of rotatable bonds is 5. The van der Waals surface area contributed by atoms with Crippen LogP contribution in [0.15, 0.2) is 45.6 Å². The molecule has 176 valence electrons. The average molecular weight is 462 g/mol. The van der Waals surface area contributed by atoms with Gasteiger partial charge in [0.2, 0.25) is 12.0 Å². The minimum atomic E-state index is -1.74. The van der Waals surface area contributed by atoms with Gasteiger partial charge in [-0.1, -0.05) is 0 Å². The van der Waals surface area contributed by atoms with Crippen molar-refractivity contribution in [3.8, 4) is 34.3 Å². The lowest BCUT2D eigenvalue weighted by Crippen LogP contribution is -2.60. The summed E-state index contributed by atoms with van der Waals surface area (Å²) in [6.07, 6.45) is -7.88. The average Bonchev–Trinajstić information content (AvgIpc) is 2.80. The van der Waals surface area contributed by atoms with Crippen LogP contribution in [0.1, 0.15) is 0 Å². The second-order valence-corrected chi connectivity index (χ2v) is 7.47. The number of hydrogen-bond acceptors (Lipinski definition) is 11. The van der Waals surface area contributed by atoms with Crippen LogP contribution in [0.4, 0.5) is 0 Å². The van der Waals surface area contributed by atoms with Crippen LogP contribution in [0.2, 0.25) is 0 Å². The molecule has 0 unspecified atom stereocenters. The van der Waals surface area contributed by atoms with E-state index in [0.29, 0.717) is 5.56 Å². The van der Waals surface area contributed by atoms with Gasteiger partial charge in [0.05, 0.1) is 13.7 Å². The van der Waals surface area contributed by atoms with Gasteiger partial charge >= 0.3 is 0 Å². The summed E-state index contributed by atoms with van der Waals surface area (Å²) in [5, 5.41) is 59.4. The van der Waals surface area contributed by atoms with Crippen LogP contribution in [-0.2, 0) is 4.74 Å². The predicted molar refractivity (Wildman–Crippen MR) is 112 cm³/mol. The highest BCUT2D eigenvalue weighted by atomic mass is 16.7. The first-order valence-electron chi connectivity index (χ1n) is 9.89. The maximum Gasteiger partial charge on any atom is 0.229 e. The minimum absolute atomic E-state index is 0.0268. The second-order valence-electron chi connectivity index (χ2n) is 7.47. The third kappa shape index (κ3) is 4.08. The lowest BCUT2D eigenvalue weighted by atomic mass is 9.99. The molecular formula is C22H22O11. The van der Waals surface area contributed by atoms with Gasteiger partial charge in [0.1, 0.15) is 46.9 Å². The third-order valence-corrected chi connectivity index (χ3v) is 5.35. The summed E-state index contributed by atoms with van der Waals surface area (Å²) >= 11 is 0. The Labute approximate surface area is 186 Å². The van der Waals surface area contributed by atoms with Gasteiger partial charge in [-0.15, -0.1) is 0 Å². The van der Waals surface area contributed by atoms with Crippen LogP contribution < -0.4 is 14.9 Å². The van der Waals surface area contributed by atoms with Crippen molar-refractivity contribution in [2.75, 3.05) is 13.7 Å². The first-order valence-corrected chi connectivity index (χ1v) is 9.89. The Kier molecular flexibility index (Phi) is 6.15. The number of aliphatic hydroxyl groups excluding tert-OH is 4. The molecule has 1 fully saturated rings. The van der Waals surface area contributed by atoms with Gasteiger partial charge in [0.15, 0.2) is 16.9 Å². The number of hydrogen-bond donors (Lipinski definition) is 6.